The van der Waals surface area contributed by atoms with Crippen LogP contribution < -0.4 is 5.32 Å². The van der Waals surface area contributed by atoms with Gasteiger partial charge in [0.2, 0.25) is 5.91 Å². The zero-order valence-corrected chi connectivity index (χ0v) is 16.3. The second-order valence-electron chi connectivity index (χ2n) is 5.89. The van der Waals surface area contributed by atoms with E-state index in [2.05, 4.69) is 15.5 Å². The summed E-state index contributed by atoms with van der Waals surface area (Å²) in [4.78, 5) is 12.5. The molecule has 0 saturated carbocycles. The molecule has 0 saturated heterocycles. The average Bonchev–Trinajstić information content (AvgIpc) is 3.00. The molecular weight excluding hydrogens is 368 g/mol. The number of anilines is 1. The highest BCUT2D eigenvalue weighted by atomic mass is 35.5. The molecular formula is C19H19ClN4OS. The van der Waals surface area contributed by atoms with Gasteiger partial charge in [-0.1, -0.05) is 59.8 Å². The predicted molar refractivity (Wildman–Crippen MR) is 107 cm³/mol. The number of thioether (sulfide) groups is 1. The fourth-order valence-electron chi connectivity index (χ4n) is 2.45. The molecule has 0 spiro atoms. The zero-order valence-electron chi connectivity index (χ0n) is 14.7. The molecule has 0 aliphatic rings. The standard InChI is InChI=1S/C19H19ClN4OS/c1-12-15(20)10-7-11-16(12)21-18(25)13(2)26-19-23-22-17(24(19)3)14-8-5-4-6-9-14/h4-11,13H,1-3H3,(H,21,25). The highest BCUT2D eigenvalue weighted by Gasteiger charge is 2.20. The summed E-state index contributed by atoms with van der Waals surface area (Å²) in [6, 6.07) is 15.3. The van der Waals surface area contributed by atoms with Gasteiger partial charge < -0.3 is 9.88 Å². The van der Waals surface area contributed by atoms with Crippen molar-refractivity contribution in [2.45, 2.75) is 24.3 Å². The van der Waals surface area contributed by atoms with Crippen molar-refractivity contribution in [3.8, 4) is 11.4 Å². The minimum atomic E-state index is -0.333. The Balaban J connectivity index is 1.72. The van der Waals surface area contributed by atoms with Crippen molar-refractivity contribution < 1.29 is 4.79 Å². The average molecular weight is 387 g/mol. The molecule has 1 atom stereocenters. The largest absolute Gasteiger partial charge is 0.325 e. The lowest BCUT2D eigenvalue weighted by molar-refractivity contribution is -0.115. The Bertz CT molecular complexity index is 927. The van der Waals surface area contributed by atoms with Gasteiger partial charge in [-0.15, -0.1) is 10.2 Å². The second kappa shape index (κ2) is 7.93. The number of nitrogens with one attached hydrogen (secondary N) is 1. The second-order valence-corrected chi connectivity index (χ2v) is 7.61. The van der Waals surface area contributed by atoms with Crippen molar-refractivity contribution >= 4 is 35.0 Å². The maximum Gasteiger partial charge on any atom is 0.237 e. The lowest BCUT2D eigenvalue weighted by atomic mass is 10.2. The Morgan fingerprint density at radius 3 is 2.62 bits per heavy atom. The van der Waals surface area contributed by atoms with Crippen LogP contribution in [0.5, 0.6) is 0 Å². The zero-order chi connectivity index (χ0) is 18.7. The number of aromatic nitrogens is 3. The molecule has 1 aromatic heterocycles. The van der Waals surface area contributed by atoms with Crippen LogP contribution in [-0.4, -0.2) is 25.9 Å². The molecule has 134 valence electrons. The third-order valence-corrected chi connectivity index (χ3v) is 5.59. The Morgan fingerprint density at radius 2 is 1.88 bits per heavy atom. The maximum atomic E-state index is 12.5. The van der Waals surface area contributed by atoms with Gasteiger partial charge in [-0.25, -0.2) is 0 Å². The van der Waals surface area contributed by atoms with E-state index in [1.165, 1.54) is 11.8 Å². The molecule has 1 unspecified atom stereocenters. The minimum absolute atomic E-state index is 0.107. The first-order chi connectivity index (χ1) is 12.5. The minimum Gasteiger partial charge on any atom is -0.325 e. The molecule has 0 radical (unpaired) electrons. The van der Waals surface area contributed by atoms with Crippen LogP contribution in [0.4, 0.5) is 5.69 Å². The molecule has 3 aromatic rings. The van der Waals surface area contributed by atoms with Crippen molar-refractivity contribution in [1.82, 2.24) is 14.8 Å². The first-order valence-electron chi connectivity index (χ1n) is 8.15. The van der Waals surface area contributed by atoms with E-state index in [0.717, 1.165) is 22.6 Å². The van der Waals surface area contributed by atoms with Gasteiger partial charge in [-0.3, -0.25) is 4.79 Å². The molecule has 0 aliphatic carbocycles. The van der Waals surface area contributed by atoms with Gasteiger partial charge in [0.1, 0.15) is 0 Å². The van der Waals surface area contributed by atoms with Gasteiger partial charge >= 0.3 is 0 Å². The third kappa shape index (κ3) is 3.92. The first-order valence-corrected chi connectivity index (χ1v) is 9.40. The highest BCUT2D eigenvalue weighted by molar-refractivity contribution is 8.00. The summed E-state index contributed by atoms with van der Waals surface area (Å²) >= 11 is 7.48. The van der Waals surface area contributed by atoms with Crippen LogP contribution in [-0.2, 0) is 11.8 Å². The number of amides is 1. The fraction of sp³-hybridized carbons (Fsp3) is 0.211. The van der Waals surface area contributed by atoms with Gasteiger partial charge in [0, 0.05) is 23.3 Å². The van der Waals surface area contributed by atoms with Crippen molar-refractivity contribution in [2.24, 2.45) is 7.05 Å². The quantitative estimate of drug-likeness (QED) is 0.653. The topological polar surface area (TPSA) is 59.8 Å². The van der Waals surface area contributed by atoms with E-state index in [1.807, 2.05) is 67.9 Å². The molecule has 0 fully saturated rings. The van der Waals surface area contributed by atoms with Crippen molar-refractivity contribution in [1.29, 1.82) is 0 Å². The Kier molecular flexibility index (Phi) is 5.64. The van der Waals surface area contributed by atoms with Crippen LogP contribution in [0.15, 0.2) is 53.7 Å². The number of hydrogen-bond acceptors (Lipinski definition) is 4. The molecule has 1 heterocycles. The lowest BCUT2D eigenvalue weighted by Crippen LogP contribution is -2.23. The van der Waals surface area contributed by atoms with E-state index in [4.69, 9.17) is 11.6 Å². The Morgan fingerprint density at radius 1 is 1.15 bits per heavy atom. The van der Waals surface area contributed by atoms with Crippen LogP contribution in [0.25, 0.3) is 11.4 Å². The summed E-state index contributed by atoms with van der Waals surface area (Å²) in [5.41, 5.74) is 2.56. The van der Waals surface area contributed by atoms with E-state index in [0.29, 0.717) is 10.2 Å². The summed E-state index contributed by atoms with van der Waals surface area (Å²) in [5.74, 6) is 0.663. The number of rotatable bonds is 5. The van der Waals surface area contributed by atoms with E-state index in [9.17, 15) is 4.79 Å². The van der Waals surface area contributed by atoms with Gasteiger partial charge in [0.05, 0.1) is 5.25 Å². The van der Waals surface area contributed by atoms with Gasteiger partial charge in [-0.2, -0.15) is 0 Å². The summed E-state index contributed by atoms with van der Waals surface area (Å²) < 4.78 is 1.90. The third-order valence-electron chi connectivity index (χ3n) is 4.04. The number of carbonyl (C=O) groups excluding carboxylic acids is 1. The highest BCUT2D eigenvalue weighted by Crippen LogP contribution is 2.27. The van der Waals surface area contributed by atoms with Gasteiger partial charge in [0.25, 0.3) is 0 Å². The predicted octanol–water partition coefficient (Wildman–Crippen LogP) is 4.56. The Labute approximate surface area is 161 Å². The number of carbonyl (C=O) groups is 1. The van der Waals surface area contributed by atoms with Crippen LogP contribution in [0.1, 0.15) is 12.5 Å². The number of nitrogens with zero attached hydrogens (tertiary/aromatic N) is 3. The van der Waals surface area contributed by atoms with Gasteiger partial charge in [-0.05, 0) is 31.5 Å². The van der Waals surface area contributed by atoms with Crippen LogP contribution in [0.2, 0.25) is 5.02 Å². The van der Waals surface area contributed by atoms with Gasteiger partial charge in [0.15, 0.2) is 11.0 Å². The first kappa shape index (κ1) is 18.5. The van der Waals surface area contributed by atoms with Crippen LogP contribution in [0.3, 0.4) is 0 Å². The molecule has 5 nitrogen and oxygen atoms in total. The lowest BCUT2D eigenvalue weighted by Gasteiger charge is -2.13. The molecule has 0 aliphatic heterocycles. The Hall–Kier alpha value is -2.31. The number of benzene rings is 2. The summed E-state index contributed by atoms with van der Waals surface area (Å²) in [5, 5.41) is 12.4. The van der Waals surface area contributed by atoms with E-state index < -0.39 is 0 Å². The molecule has 3 rings (SSSR count). The maximum absolute atomic E-state index is 12.5. The van der Waals surface area contributed by atoms with Crippen LogP contribution in [0, 0.1) is 6.92 Å². The smallest absolute Gasteiger partial charge is 0.237 e. The fourth-order valence-corrected chi connectivity index (χ4v) is 3.43. The molecule has 1 N–H and O–H groups in total. The summed E-state index contributed by atoms with van der Waals surface area (Å²) in [6.45, 7) is 3.72. The van der Waals surface area contributed by atoms with E-state index >= 15 is 0 Å². The van der Waals surface area contributed by atoms with E-state index in [-0.39, 0.29) is 11.2 Å². The SMILES string of the molecule is Cc1c(Cl)cccc1NC(=O)C(C)Sc1nnc(-c2ccccc2)n1C. The molecule has 0 bridgehead atoms. The molecule has 1 amide bonds. The van der Waals surface area contributed by atoms with Crippen LogP contribution >= 0.6 is 23.4 Å². The number of hydrogen-bond donors (Lipinski definition) is 1. The van der Waals surface area contributed by atoms with Crippen molar-refractivity contribution in [3.63, 3.8) is 0 Å². The summed E-state index contributed by atoms with van der Waals surface area (Å²) in [6.07, 6.45) is 0. The molecule has 26 heavy (non-hydrogen) atoms. The normalized spacial score (nSPS) is 12.0. The van der Waals surface area contributed by atoms with Crippen molar-refractivity contribution in [2.75, 3.05) is 5.32 Å². The monoisotopic (exact) mass is 386 g/mol. The number of halogens is 1. The van der Waals surface area contributed by atoms with E-state index in [1.54, 1.807) is 6.07 Å². The molecule has 7 heteroatoms. The van der Waals surface area contributed by atoms with Crippen molar-refractivity contribution in [3.05, 3.63) is 59.1 Å². The summed E-state index contributed by atoms with van der Waals surface area (Å²) in [7, 11) is 1.90. The molecule has 2 aromatic carbocycles.